The van der Waals surface area contributed by atoms with Crippen LogP contribution in [0.4, 0.5) is 0 Å². The topological polar surface area (TPSA) is 76.3 Å². The first-order chi connectivity index (χ1) is 9.47. The number of pyridine rings is 1. The van der Waals surface area contributed by atoms with E-state index in [1.807, 2.05) is 19.2 Å². The van der Waals surface area contributed by atoms with E-state index in [9.17, 15) is 8.42 Å². The van der Waals surface area contributed by atoms with E-state index in [-0.39, 0.29) is 5.75 Å². The Labute approximate surface area is 121 Å². The highest BCUT2D eigenvalue weighted by Gasteiger charge is 2.40. The molecule has 1 aliphatic heterocycles. The number of hydrogen-bond donors (Lipinski definition) is 1. The van der Waals surface area contributed by atoms with E-state index >= 15 is 0 Å². The quantitative estimate of drug-likeness (QED) is 0.854. The van der Waals surface area contributed by atoms with E-state index in [0.717, 1.165) is 19.4 Å². The van der Waals surface area contributed by atoms with E-state index in [1.54, 1.807) is 12.4 Å². The minimum absolute atomic E-state index is 0.184. The van der Waals surface area contributed by atoms with Crippen molar-refractivity contribution in [3.63, 3.8) is 0 Å². The van der Waals surface area contributed by atoms with Gasteiger partial charge < -0.3 is 5.73 Å². The Morgan fingerprint density at radius 2 is 2.10 bits per heavy atom. The monoisotopic (exact) mass is 297 g/mol. The van der Waals surface area contributed by atoms with Crippen molar-refractivity contribution in [2.45, 2.75) is 24.8 Å². The van der Waals surface area contributed by atoms with Crippen molar-refractivity contribution in [1.82, 2.24) is 9.88 Å². The summed E-state index contributed by atoms with van der Waals surface area (Å²) in [4.78, 5) is 6.13. The highest BCUT2D eigenvalue weighted by Crippen LogP contribution is 2.27. The number of nitrogens with two attached hydrogens (primary N) is 1. The van der Waals surface area contributed by atoms with Crippen molar-refractivity contribution >= 4 is 9.84 Å². The van der Waals surface area contributed by atoms with Crippen LogP contribution >= 0.6 is 0 Å². The first kappa shape index (κ1) is 15.4. The molecule has 1 aliphatic rings. The highest BCUT2D eigenvalue weighted by atomic mass is 32.2. The normalized spacial score (nSPS) is 25.8. The van der Waals surface area contributed by atoms with Gasteiger partial charge in [-0.2, -0.15) is 0 Å². The van der Waals surface area contributed by atoms with Gasteiger partial charge in [-0.25, -0.2) is 8.42 Å². The van der Waals surface area contributed by atoms with E-state index in [1.165, 1.54) is 5.56 Å². The molecule has 1 fully saturated rings. The summed E-state index contributed by atoms with van der Waals surface area (Å²) in [5, 5.41) is 0. The molecule has 2 N–H and O–H groups in total. The fraction of sp³-hybridized carbons (Fsp3) is 0.643. The molecule has 0 bridgehead atoms. The molecule has 1 unspecified atom stereocenters. The van der Waals surface area contributed by atoms with Crippen molar-refractivity contribution in [1.29, 1.82) is 0 Å². The molecule has 2 heterocycles. The molecule has 0 aliphatic carbocycles. The maximum absolute atomic E-state index is 11.9. The number of sulfone groups is 1. The van der Waals surface area contributed by atoms with Crippen molar-refractivity contribution in [2.24, 2.45) is 5.73 Å². The molecule has 112 valence electrons. The first-order valence-corrected chi connectivity index (χ1v) is 8.80. The van der Waals surface area contributed by atoms with Crippen LogP contribution < -0.4 is 5.73 Å². The van der Waals surface area contributed by atoms with Crippen molar-refractivity contribution in [3.8, 4) is 0 Å². The zero-order valence-corrected chi connectivity index (χ0v) is 12.8. The Morgan fingerprint density at radius 1 is 1.40 bits per heavy atom. The first-order valence-electron chi connectivity index (χ1n) is 6.98. The van der Waals surface area contributed by atoms with Crippen LogP contribution in [-0.4, -0.2) is 55.5 Å². The highest BCUT2D eigenvalue weighted by molar-refractivity contribution is 7.91. The molecule has 1 aromatic heterocycles. The average molecular weight is 297 g/mol. The third-order valence-electron chi connectivity index (χ3n) is 4.26. The minimum Gasteiger partial charge on any atom is -0.329 e. The molecular formula is C14H23N3O2S. The minimum atomic E-state index is -2.96. The second-order valence-corrected chi connectivity index (χ2v) is 7.84. The number of aromatic nitrogens is 1. The molecule has 1 saturated heterocycles. The van der Waals surface area contributed by atoms with Gasteiger partial charge in [0.2, 0.25) is 0 Å². The summed E-state index contributed by atoms with van der Waals surface area (Å²) in [6.07, 6.45) is 5.99. The van der Waals surface area contributed by atoms with Crippen molar-refractivity contribution in [3.05, 3.63) is 30.1 Å². The van der Waals surface area contributed by atoms with Crippen LogP contribution in [0.25, 0.3) is 0 Å². The molecule has 5 nitrogen and oxygen atoms in total. The predicted molar refractivity (Wildman–Crippen MR) is 80.2 cm³/mol. The van der Waals surface area contributed by atoms with E-state index in [0.29, 0.717) is 18.7 Å². The zero-order valence-electron chi connectivity index (χ0n) is 12.0. The molecule has 1 atom stereocenters. The SMILES string of the molecule is CN(CCc1ccncc1)C1(CN)CCCS(=O)(=O)C1. The smallest absolute Gasteiger partial charge is 0.152 e. The van der Waals surface area contributed by atoms with Gasteiger partial charge >= 0.3 is 0 Å². The lowest BCUT2D eigenvalue weighted by Gasteiger charge is -2.43. The summed E-state index contributed by atoms with van der Waals surface area (Å²) in [6.45, 7) is 1.19. The fourth-order valence-electron chi connectivity index (χ4n) is 2.88. The lowest BCUT2D eigenvalue weighted by molar-refractivity contribution is 0.133. The summed E-state index contributed by atoms with van der Waals surface area (Å²) < 4.78 is 23.8. The van der Waals surface area contributed by atoms with Gasteiger partial charge in [0.15, 0.2) is 9.84 Å². The Kier molecular flexibility index (Phi) is 4.78. The van der Waals surface area contributed by atoms with Crippen LogP contribution in [0.3, 0.4) is 0 Å². The van der Waals surface area contributed by atoms with Crippen LogP contribution in [0, 0.1) is 0 Å². The van der Waals surface area contributed by atoms with Gasteiger partial charge in [-0.05, 0) is 44.0 Å². The van der Waals surface area contributed by atoms with Gasteiger partial charge in [-0.3, -0.25) is 9.88 Å². The molecule has 1 aromatic rings. The third kappa shape index (κ3) is 3.56. The zero-order chi connectivity index (χ0) is 14.6. The van der Waals surface area contributed by atoms with Gasteiger partial charge in [0.25, 0.3) is 0 Å². The predicted octanol–water partition coefficient (Wildman–Crippen LogP) is 0.462. The Bertz CT molecular complexity index is 533. The summed E-state index contributed by atoms with van der Waals surface area (Å²) in [5.74, 6) is 0.482. The lowest BCUT2D eigenvalue weighted by Crippen LogP contribution is -2.59. The largest absolute Gasteiger partial charge is 0.329 e. The lowest BCUT2D eigenvalue weighted by atomic mass is 9.93. The van der Waals surface area contributed by atoms with Crippen LogP contribution in [0.2, 0.25) is 0 Å². The maximum atomic E-state index is 11.9. The van der Waals surface area contributed by atoms with Crippen LogP contribution in [0.1, 0.15) is 18.4 Å². The van der Waals surface area contributed by atoms with Gasteiger partial charge in [0.1, 0.15) is 0 Å². The summed E-state index contributed by atoms with van der Waals surface area (Å²) in [6, 6.07) is 3.97. The standard InChI is InChI=1S/C14H23N3O2S/c1-17(9-5-13-3-7-16-8-4-13)14(11-15)6-2-10-20(18,19)12-14/h3-4,7-8H,2,5-6,9-12,15H2,1H3. The third-order valence-corrected chi connectivity index (χ3v) is 6.15. The number of nitrogens with zero attached hydrogens (tertiary/aromatic N) is 2. The van der Waals surface area contributed by atoms with Gasteiger partial charge in [-0.1, -0.05) is 0 Å². The van der Waals surface area contributed by atoms with Crippen molar-refractivity contribution < 1.29 is 8.42 Å². The molecule has 6 heteroatoms. The van der Waals surface area contributed by atoms with Crippen molar-refractivity contribution in [2.75, 3.05) is 31.6 Å². The molecular weight excluding hydrogens is 274 g/mol. The van der Waals surface area contributed by atoms with E-state index in [4.69, 9.17) is 5.73 Å². The van der Waals surface area contributed by atoms with E-state index < -0.39 is 15.4 Å². The Morgan fingerprint density at radius 3 is 2.70 bits per heavy atom. The molecule has 20 heavy (non-hydrogen) atoms. The van der Waals surface area contributed by atoms with Gasteiger partial charge in [-0.15, -0.1) is 0 Å². The fourth-order valence-corrected chi connectivity index (χ4v) is 4.91. The van der Waals surface area contributed by atoms with Crippen LogP contribution in [-0.2, 0) is 16.3 Å². The second kappa shape index (κ2) is 6.20. The van der Waals surface area contributed by atoms with Crippen LogP contribution in [0.15, 0.2) is 24.5 Å². The molecule has 0 spiro atoms. The molecule has 0 radical (unpaired) electrons. The van der Waals surface area contributed by atoms with Crippen LogP contribution in [0.5, 0.6) is 0 Å². The summed E-state index contributed by atoms with van der Waals surface area (Å²) in [7, 11) is -0.981. The Hall–Kier alpha value is -0.980. The molecule has 0 aromatic carbocycles. The molecule has 0 amide bonds. The Balaban J connectivity index is 2.03. The van der Waals surface area contributed by atoms with Gasteiger partial charge in [0, 0.05) is 31.0 Å². The summed E-state index contributed by atoms with van der Waals surface area (Å²) in [5.41, 5.74) is 6.72. The van der Waals surface area contributed by atoms with Gasteiger partial charge in [0.05, 0.1) is 11.5 Å². The average Bonchev–Trinajstić information content (AvgIpc) is 2.44. The number of rotatable bonds is 5. The number of likely N-dealkylation sites (N-methyl/N-ethyl adjacent to an activating group) is 1. The molecule has 0 saturated carbocycles. The second-order valence-electron chi connectivity index (χ2n) is 5.65. The maximum Gasteiger partial charge on any atom is 0.152 e. The molecule has 2 rings (SSSR count). The summed E-state index contributed by atoms with van der Waals surface area (Å²) >= 11 is 0. The van der Waals surface area contributed by atoms with E-state index in [2.05, 4.69) is 9.88 Å². The number of hydrogen-bond acceptors (Lipinski definition) is 5.